The molecule has 1 rings (SSSR count). The summed E-state index contributed by atoms with van der Waals surface area (Å²) in [5, 5.41) is 0. The summed E-state index contributed by atoms with van der Waals surface area (Å²) in [6, 6.07) is 3.97. The zero-order valence-corrected chi connectivity index (χ0v) is 9.55. The molecule has 0 aliphatic rings. The first kappa shape index (κ1) is 10.9. The van der Waals surface area contributed by atoms with Gasteiger partial charge in [0.05, 0.1) is 14.2 Å². The van der Waals surface area contributed by atoms with Gasteiger partial charge in [-0.15, -0.1) is 0 Å². The van der Waals surface area contributed by atoms with E-state index >= 15 is 0 Å². The molecule has 0 heterocycles. The van der Waals surface area contributed by atoms with Gasteiger partial charge >= 0.3 is 0 Å². The lowest BCUT2D eigenvalue weighted by molar-refractivity contribution is 0.389. The van der Waals surface area contributed by atoms with Crippen molar-refractivity contribution in [3.05, 3.63) is 23.3 Å². The Bertz CT molecular complexity index is 316. The van der Waals surface area contributed by atoms with Crippen molar-refractivity contribution in [3.8, 4) is 11.5 Å². The lowest BCUT2D eigenvalue weighted by atomic mass is 9.96. The zero-order chi connectivity index (χ0) is 10.7. The summed E-state index contributed by atoms with van der Waals surface area (Å²) in [5.74, 6) is 2.23. The molecule has 0 atom stereocenters. The fourth-order valence-electron chi connectivity index (χ4n) is 1.76. The molecule has 0 amide bonds. The SMILES string of the molecule is COc1cc(C)c(C(C)C)c(OC)c1. The van der Waals surface area contributed by atoms with E-state index in [0.29, 0.717) is 5.92 Å². The first-order chi connectivity index (χ1) is 6.60. The van der Waals surface area contributed by atoms with Crippen LogP contribution in [0.4, 0.5) is 0 Å². The van der Waals surface area contributed by atoms with Crippen LogP contribution in [0.5, 0.6) is 11.5 Å². The molecule has 0 aliphatic heterocycles. The molecule has 0 aromatic heterocycles. The van der Waals surface area contributed by atoms with Crippen molar-refractivity contribution >= 4 is 0 Å². The second kappa shape index (κ2) is 4.36. The van der Waals surface area contributed by atoms with E-state index in [1.807, 2.05) is 12.1 Å². The average molecular weight is 194 g/mol. The van der Waals surface area contributed by atoms with Crippen LogP contribution < -0.4 is 9.47 Å². The first-order valence-corrected chi connectivity index (χ1v) is 4.82. The number of hydrogen-bond acceptors (Lipinski definition) is 2. The molecule has 0 fully saturated rings. The van der Waals surface area contributed by atoms with Crippen LogP contribution in [0.25, 0.3) is 0 Å². The van der Waals surface area contributed by atoms with Gasteiger partial charge in [-0.05, 0) is 30.0 Å². The molecule has 0 N–H and O–H groups in total. The highest BCUT2D eigenvalue weighted by atomic mass is 16.5. The van der Waals surface area contributed by atoms with Crippen molar-refractivity contribution in [1.29, 1.82) is 0 Å². The molecule has 0 bridgehead atoms. The van der Waals surface area contributed by atoms with E-state index in [1.165, 1.54) is 11.1 Å². The molecular formula is C12H18O2. The molecule has 0 unspecified atom stereocenters. The minimum atomic E-state index is 0.468. The predicted molar refractivity (Wildman–Crippen MR) is 58.4 cm³/mol. The third kappa shape index (κ3) is 2.00. The maximum absolute atomic E-state index is 5.35. The summed E-state index contributed by atoms with van der Waals surface area (Å²) in [6.07, 6.45) is 0. The molecule has 0 saturated carbocycles. The molecule has 2 heteroatoms. The van der Waals surface area contributed by atoms with Crippen molar-refractivity contribution in [2.24, 2.45) is 0 Å². The largest absolute Gasteiger partial charge is 0.497 e. The minimum absolute atomic E-state index is 0.468. The van der Waals surface area contributed by atoms with Gasteiger partial charge in [0.15, 0.2) is 0 Å². The van der Waals surface area contributed by atoms with Crippen LogP contribution in [-0.2, 0) is 0 Å². The highest BCUT2D eigenvalue weighted by Gasteiger charge is 2.12. The number of benzene rings is 1. The number of methoxy groups -OCH3 is 2. The third-order valence-electron chi connectivity index (χ3n) is 2.36. The van der Waals surface area contributed by atoms with Gasteiger partial charge < -0.3 is 9.47 Å². The molecule has 0 saturated heterocycles. The van der Waals surface area contributed by atoms with Crippen molar-refractivity contribution in [3.63, 3.8) is 0 Å². The van der Waals surface area contributed by atoms with Crippen LogP contribution in [0.2, 0.25) is 0 Å². The standard InChI is InChI=1S/C12H18O2/c1-8(2)12-9(3)6-10(13-4)7-11(12)14-5/h6-8H,1-5H3. The summed E-state index contributed by atoms with van der Waals surface area (Å²) < 4.78 is 10.5. The Morgan fingerprint density at radius 1 is 1.07 bits per heavy atom. The van der Waals surface area contributed by atoms with Gasteiger partial charge in [0.1, 0.15) is 11.5 Å². The second-order valence-corrected chi connectivity index (χ2v) is 3.71. The van der Waals surface area contributed by atoms with E-state index in [9.17, 15) is 0 Å². The van der Waals surface area contributed by atoms with Gasteiger partial charge in [-0.2, -0.15) is 0 Å². The van der Waals surface area contributed by atoms with Crippen LogP contribution in [0.3, 0.4) is 0 Å². The normalized spacial score (nSPS) is 10.4. The summed E-state index contributed by atoms with van der Waals surface area (Å²) in [5.41, 5.74) is 2.48. The monoisotopic (exact) mass is 194 g/mol. The summed E-state index contributed by atoms with van der Waals surface area (Å²) in [7, 11) is 3.36. The van der Waals surface area contributed by atoms with Gasteiger partial charge in [-0.1, -0.05) is 13.8 Å². The van der Waals surface area contributed by atoms with Crippen molar-refractivity contribution in [1.82, 2.24) is 0 Å². The molecule has 1 aromatic carbocycles. The average Bonchev–Trinajstić information content (AvgIpc) is 2.15. The van der Waals surface area contributed by atoms with Crippen molar-refractivity contribution < 1.29 is 9.47 Å². The van der Waals surface area contributed by atoms with E-state index in [2.05, 4.69) is 20.8 Å². The highest BCUT2D eigenvalue weighted by molar-refractivity contribution is 5.47. The van der Waals surface area contributed by atoms with Crippen LogP contribution in [0, 0.1) is 6.92 Å². The van der Waals surface area contributed by atoms with Gasteiger partial charge in [0.25, 0.3) is 0 Å². The Kier molecular flexibility index (Phi) is 3.39. The third-order valence-corrected chi connectivity index (χ3v) is 2.36. The lowest BCUT2D eigenvalue weighted by Gasteiger charge is -2.16. The fraction of sp³-hybridized carbons (Fsp3) is 0.500. The number of aryl methyl sites for hydroxylation is 1. The summed E-state index contributed by atoms with van der Waals surface area (Å²) >= 11 is 0. The summed E-state index contributed by atoms with van der Waals surface area (Å²) in [6.45, 7) is 6.41. The van der Waals surface area contributed by atoms with Crippen LogP contribution in [-0.4, -0.2) is 14.2 Å². The lowest BCUT2D eigenvalue weighted by Crippen LogP contribution is -1.98. The molecular weight excluding hydrogens is 176 g/mol. The maximum Gasteiger partial charge on any atom is 0.126 e. The number of ether oxygens (including phenoxy) is 2. The quantitative estimate of drug-likeness (QED) is 0.736. The van der Waals surface area contributed by atoms with Crippen LogP contribution in [0.15, 0.2) is 12.1 Å². The predicted octanol–water partition coefficient (Wildman–Crippen LogP) is 3.14. The topological polar surface area (TPSA) is 18.5 Å². The Morgan fingerprint density at radius 2 is 1.71 bits per heavy atom. The molecule has 78 valence electrons. The Balaban J connectivity index is 3.27. The number of rotatable bonds is 3. The first-order valence-electron chi connectivity index (χ1n) is 4.82. The molecule has 1 aromatic rings. The van der Waals surface area contributed by atoms with E-state index in [1.54, 1.807) is 14.2 Å². The molecule has 14 heavy (non-hydrogen) atoms. The van der Waals surface area contributed by atoms with Gasteiger partial charge in [0, 0.05) is 6.07 Å². The van der Waals surface area contributed by atoms with Gasteiger partial charge in [0.2, 0.25) is 0 Å². The Morgan fingerprint density at radius 3 is 2.14 bits per heavy atom. The van der Waals surface area contributed by atoms with Gasteiger partial charge in [-0.3, -0.25) is 0 Å². The van der Waals surface area contributed by atoms with Crippen LogP contribution >= 0.6 is 0 Å². The molecule has 0 radical (unpaired) electrons. The Hall–Kier alpha value is -1.18. The molecule has 0 aliphatic carbocycles. The smallest absolute Gasteiger partial charge is 0.126 e. The fourth-order valence-corrected chi connectivity index (χ4v) is 1.76. The van der Waals surface area contributed by atoms with E-state index < -0.39 is 0 Å². The van der Waals surface area contributed by atoms with E-state index in [-0.39, 0.29) is 0 Å². The number of hydrogen-bond donors (Lipinski definition) is 0. The molecule has 0 spiro atoms. The maximum atomic E-state index is 5.35. The van der Waals surface area contributed by atoms with Gasteiger partial charge in [-0.25, -0.2) is 0 Å². The van der Waals surface area contributed by atoms with E-state index in [0.717, 1.165) is 11.5 Å². The van der Waals surface area contributed by atoms with Crippen LogP contribution in [0.1, 0.15) is 30.9 Å². The minimum Gasteiger partial charge on any atom is -0.497 e. The molecule has 2 nitrogen and oxygen atoms in total. The summed E-state index contributed by atoms with van der Waals surface area (Å²) in [4.78, 5) is 0. The van der Waals surface area contributed by atoms with Crippen molar-refractivity contribution in [2.75, 3.05) is 14.2 Å². The zero-order valence-electron chi connectivity index (χ0n) is 9.55. The van der Waals surface area contributed by atoms with E-state index in [4.69, 9.17) is 9.47 Å². The van der Waals surface area contributed by atoms with Crippen molar-refractivity contribution in [2.45, 2.75) is 26.7 Å². The highest BCUT2D eigenvalue weighted by Crippen LogP contribution is 2.33. The Labute approximate surface area is 85.8 Å². The second-order valence-electron chi connectivity index (χ2n) is 3.71.